The Morgan fingerprint density at radius 2 is 1.60 bits per heavy atom. The summed E-state index contributed by atoms with van der Waals surface area (Å²) in [5, 5.41) is 0. The molecule has 0 spiro atoms. The molecule has 3 heteroatoms. The van der Waals surface area contributed by atoms with Gasteiger partial charge in [-0.05, 0) is 31.5 Å². The zero-order chi connectivity index (χ0) is 13.9. The van der Waals surface area contributed by atoms with E-state index in [4.69, 9.17) is 4.98 Å². The summed E-state index contributed by atoms with van der Waals surface area (Å²) in [5.41, 5.74) is 4.98. The summed E-state index contributed by atoms with van der Waals surface area (Å²) in [6.07, 6.45) is 1.77. The van der Waals surface area contributed by atoms with Crippen molar-refractivity contribution in [1.82, 2.24) is 15.0 Å². The minimum Gasteiger partial charge on any atom is -0.244 e. The Morgan fingerprint density at radius 1 is 0.800 bits per heavy atom. The summed E-state index contributed by atoms with van der Waals surface area (Å²) in [7, 11) is 0. The monoisotopic (exact) mass is 261 g/mol. The Morgan fingerprint density at radius 3 is 2.35 bits per heavy atom. The van der Waals surface area contributed by atoms with Crippen molar-refractivity contribution < 1.29 is 0 Å². The smallest absolute Gasteiger partial charge is 0.178 e. The van der Waals surface area contributed by atoms with Gasteiger partial charge in [0.05, 0.1) is 5.69 Å². The molecule has 1 aromatic carbocycles. The van der Waals surface area contributed by atoms with E-state index >= 15 is 0 Å². The predicted molar refractivity (Wildman–Crippen MR) is 80.2 cm³/mol. The molecule has 2 aromatic heterocycles. The SMILES string of the molecule is Cc1ccnc(-c2ccc(C)c(-c3ccccc3)n2)n1. The van der Waals surface area contributed by atoms with Crippen LogP contribution in [0.15, 0.2) is 54.7 Å². The van der Waals surface area contributed by atoms with Crippen LogP contribution in [0.1, 0.15) is 11.3 Å². The maximum atomic E-state index is 4.73. The largest absolute Gasteiger partial charge is 0.244 e. The van der Waals surface area contributed by atoms with E-state index in [-0.39, 0.29) is 0 Å². The van der Waals surface area contributed by atoms with Crippen molar-refractivity contribution >= 4 is 0 Å². The quantitative estimate of drug-likeness (QED) is 0.704. The van der Waals surface area contributed by atoms with Crippen molar-refractivity contribution in [2.45, 2.75) is 13.8 Å². The molecular formula is C17H15N3. The molecule has 0 fully saturated rings. The molecule has 0 unspecified atom stereocenters. The lowest BCUT2D eigenvalue weighted by Crippen LogP contribution is -1.96. The topological polar surface area (TPSA) is 38.7 Å². The molecule has 0 radical (unpaired) electrons. The maximum Gasteiger partial charge on any atom is 0.178 e. The highest BCUT2D eigenvalue weighted by atomic mass is 14.9. The van der Waals surface area contributed by atoms with Crippen LogP contribution in [0, 0.1) is 13.8 Å². The molecule has 3 nitrogen and oxygen atoms in total. The van der Waals surface area contributed by atoms with Gasteiger partial charge in [0.1, 0.15) is 5.69 Å². The number of benzene rings is 1. The normalized spacial score (nSPS) is 10.5. The lowest BCUT2D eigenvalue weighted by atomic mass is 10.1. The van der Waals surface area contributed by atoms with E-state index in [2.05, 4.69) is 35.1 Å². The van der Waals surface area contributed by atoms with Crippen LogP contribution in [-0.4, -0.2) is 15.0 Å². The van der Waals surface area contributed by atoms with Crippen LogP contribution >= 0.6 is 0 Å². The van der Waals surface area contributed by atoms with Gasteiger partial charge in [0.15, 0.2) is 5.82 Å². The number of hydrogen-bond acceptors (Lipinski definition) is 3. The van der Waals surface area contributed by atoms with Crippen molar-refractivity contribution in [2.75, 3.05) is 0 Å². The average molecular weight is 261 g/mol. The maximum absolute atomic E-state index is 4.73. The highest BCUT2D eigenvalue weighted by Gasteiger charge is 2.08. The van der Waals surface area contributed by atoms with Crippen LogP contribution in [0.4, 0.5) is 0 Å². The van der Waals surface area contributed by atoms with Gasteiger partial charge in [-0.15, -0.1) is 0 Å². The third-order valence-electron chi connectivity index (χ3n) is 3.17. The second kappa shape index (κ2) is 5.21. The van der Waals surface area contributed by atoms with Gasteiger partial charge >= 0.3 is 0 Å². The zero-order valence-electron chi connectivity index (χ0n) is 11.5. The Labute approximate surface area is 118 Å². The lowest BCUT2D eigenvalue weighted by Gasteiger charge is -2.07. The number of rotatable bonds is 2. The summed E-state index contributed by atoms with van der Waals surface area (Å²) >= 11 is 0. The second-order valence-electron chi connectivity index (χ2n) is 4.75. The first-order valence-electron chi connectivity index (χ1n) is 6.57. The van der Waals surface area contributed by atoms with Gasteiger partial charge in [-0.2, -0.15) is 0 Å². The highest BCUT2D eigenvalue weighted by Crippen LogP contribution is 2.24. The number of aromatic nitrogens is 3. The molecule has 98 valence electrons. The van der Waals surface area contributed by atoms with E-state index in [0.717, 1.165) is 28.2 Å². The molecule has 0 N–H and O–H groups in total. The van der Waals surface area contributed by atoms with Crippen molar-refractivity contribution in [3.05, 3.63) is 66.0 Å². The Hall–Kier alpha value is -2.55. The van der Waals surface area contributed by atoms with Crippen LogP contribution in [0.25, 0.3) is 22.8 Å². The van der Waals surface area contributed by atoms with Crippen LogP contribution in [0.5, 0.6) is 0 Å². The molecule has 0 saturated carbocycles. The van der Waals surface area contributed by atoms with Gasteiger partial charge in [0.25, 0.3) is 0 Å². The molecule has 3 aromatic rings. The van der Waals surface area contributed by atoms with E-state index < -0.39 is 0 Å². The summed E-state index contributed by atoms with van der Waals surface area (Å²) in [5.74, 6) is 0.669. The first kappa shape index (κ1) is 12.5. The van der Waals surface area contributed by atoms with Gasteiger partial charge in [-0.1, -0.05) is 36.4 Å². The minimum absolute atomic E-state index is 0.669. The fraction of sp³-hybridized carbons (Fsp3) is 0.118. The zero-order valence-corrected chi connectivity index (χ0v) is 11.5. The van der Waals surface area contributed by atoms with E-state index in [1.807, 2.05) is 37.3 Å². The van der Waals surface area contributed by atoms with Crippen molar-refractivity contribution in [3.63, 3.8) is 0 Å². The second-order valence-corrected chi connectivity index (χ2v) is 4.75. The summed E-state index contributed by atoms with van der Waals surface area (Å²) < 4.78 is 0. The Bertz CT molecular complexity index is 736. The number of nitrogens with zero attached hydrogens (tertiary/aromatic N) is 3. The van der Waals surface area contributed by atoms with Crippen molar-refractivity contribution in [3.8, 4) is 22.8 Å². The van der Waals surface area contributed by atoms with Gasteiger partial charge in [0, 0.05) is 17.5 Å². The number of pyridine rings is 1. The number of hydrogen-bond donors (Lipinski definition) is 0. The average Bonchev–Trinajstić information content (AvgIpc) is 2.48. The highest BCUT2D eigenvalue weighted by molar-refractivity contribution is 5.66. The summed E-state index contributed by atoms with van der Waals surface area (Å²) in [4.78, 5) is 13.5. The minimum atomic E-state index is 0.669. The summed E-state index contributed by atoms with van der Waals surface area (Å²) in [6, 6.07) is 16.1. The molecule has 0 aliphatic heterocycles. The third-order valence-corrected chi connectivity index (χ3v) is 3.17. The van der Waals surface area contributed by atoms with E-state index in [0.29, 0.717) is 5.82 Å². The summed E-state index contributed by atoms with van der Waals surface area (Å²) in [6.45, 7) is 4.02. The Kier molecular flexibility index (Phi) is 3.25. The van der Waals surface area contributed by atoms with Crippen LogP contribution in [-0.2, 0) is 0 Å². The molecule has 0 atom stereocenters. The molecule has 0 aliphatic rings. The van der Waals surface area contributed by atoms with Crippen LogP contribution < -0.4 is 0 Å². The molecule has 0 amide bonds. The van der Waals surface area contributed by atoms with Crippen LogP contribution in [0.2, 0.25) is 0 Å². The fourth-order valence-electron chi connectivity index (χ4n) is 2.11. The van der Waals surface area contributed by atoms with Gasteiger partial charge in [-0.3, -0.25) is 0 Å². The molecule has 3 rings (SSSR count). The van der Waals surface area contributed by atoms with Gasteiger partial charge < -0.3 is 0 Å². The molecule has 20 heavy (non-hydrogen) atoms. The molecule has 2 heterocycles. The third kappa shape index (κ3) is 2.43. The number of aryl methyl sites for hydroxylation is 2. The fourth-order valence-corrected chi connectivity index (χ4v) is 2.11. The predicted octanol–water partition coefficient (Wildman–Crippen LogP) is 3.82. The van der Waals surface area contributed by atoms with Crippen molar-refractivity contribution in [1.29, 1.82) is 0 Å². The van der Waals surface area contributed by atoms with Gasteiger partial charge in [-0.25, -0.2) is 15.0 Å². The van der Waals surface area contributed by atoms with Gasteiger partial charge in [0.2, 0.25) is 0 Å². The first-order valence-corrected chi connectivity index (χ1v) is 6.57. The lowest BCUT2D eigenvalue weighted by molar-refractivity contribution is 1.09. The van der Waals surface area contributed by atoms with E-state index in [1.165, 1.54) is 0 Å². The van der Waals surface area contributed by atoms with Crippen molar-refractivity contribution in [2.24, 2.45) is 0 Å². The van der Waals surface area contributed by atoms with E-state index in [9.17, 15) is 0 Å². The van der Waals surface area contributed by atoms with Crippen LogP contribution in [0.3, 0.4) is 0 Å². The standard InChI is InChI=1S/C17H15N3/c1-12-8-9-15(17-18-11-10-13(2)19-17)20-16(12)14-6-4-3-5-7-14/h3-11H,1-2H3. The molecule has 0 aliphatic carbocycles. The Balaban J connectivity index is 2.12. The van der Waals surface area contributed by atoms with E-state index in [1.54, 1.807) is 6.20 Å². The molecule has 0 saturated heterocycles. The molecular weight excluding hydrogens is 246 g/mol. The molecule has 0 bridgehead atoms. The first-order chi connectivity index (χ1) is 9.74.